The van der Waals surface area contributed by atoms with Gasteiger partial charge in [0.05, 0.1) is 27.8 Å². The van der Waals surface area contributed by atoms with E-state index < -0.39 is 11.6 Å². The largest absolute Gasteiger partial charge is 0.504 e. The minimum Gasteiger partial charge on any atom is -0.504 e. The smallest absolute Gasteiger partial charge is 0.237 e. The molecular formula is C28H30ClFN4O3. The van der Waals surface area contributed by atoms with Crippen LogP contribution in [0.25, 0.3) is 22.0 Å². The maximum absolute atomic E-state index is 14.2. The zero-order valence-corrected chi connectivity index (χ0v) is 21.4. The quantitative estimate of drug-likeness (QED) is 0.331. The van der Waals surface area contributed by atoms with Gasteiger partial charge in [0.2, 0.25) is 5.91 Å². The zero-order valence-electron chi connectivity index (χ0n) is 20.6. The van der Waals surface area contributed by atoms with Crippen molar-refractivity contribution < 1.29 is 19.1 Å². The first-order chi connectivity index (χ1) is 17.8. The van der Waals surface area contributed by atoms with E-state index >= 15 is 0 Å². The highest BCUT2D eigenvalue weighted by Crippen LogP contribution is 2.36. The average Bonchev–Trinajstić information content (AvgIpc) is 3.43. The van der Waals surface area contributed by atoms with E-state index in [4.69, 9.17) is 11.6 Å². The van der Waals surface area contributed by atoms with Crippen LogP contribution < -0.4 is 16.0 Å². The van der Waals surface area contributed by atoms with Gasteiger partial charge in [0.1, 0.15) is 0 Å². The van der Waals surface area contributed by atoms with Crippen LogP contribution in [0.2, 0.25) is 5.02 Å². The summed E-state index contributed by atoms with van der Waals surface area (Å²) in [6, 6.07) is 8.43. The van der Waals surface area contributed by atoms with Crippen LogP contribution in [0.1, 0.15) is 55.8 Å². The van der Waals surface area contributed by atoms with Gasteiger partial charge in [0.25, 0.3) is 0 Å². The Morgan fingerprint density at radius 2 is 1.84 bits per heavy atom. The molecule has 1 saturated carbocycles. The lowest BCUT2D eigenvalue weighted by Crippen LogP contribution is -2.47. The molecule has 1 amide bonds. The number of Topliss-reactive ketones (excluding diaryl/α,β-unsaturated/α-hetero) is 1. The Balaban J connectivity index is 1.38. The number of nitrogens with zero attached hydrogens (tertiary/aromatic N) is 1. The van der Waals surface area contributed by atoms with Crippen molar-refractivity contribution in [3.8, 4) is 16.9 Å². The minimum absolute atomic E-state index is 0.0726. The number of pyridine rings is 1. The van der Waals surface area contributed by atoms with Gasteiger partial charge in [-0.05, 0) is 87.4 Å². The van der Waals surface area contributed by atoms with Crippen LogP contribution in [-0.4, -0.2) is 46.5 Å². The third kappa shape index (κ3) is 5.40. The number of anilines is 1. The maximum Gasteiger partial charge on any atom is 0.237 e. The van der Waals surface area contributed by atoms with E-state index in [1.807, 2.05) is 18.2 Å². The van der Waals surface area contributed by atoms with E-state index in [1.165, 1.54) is 19.1 Å². The SMILES string of the molecule is CC(=O)c1cnc2ccc(-c3cc(F)c(O)c(Cl)c3)cc2c1N[C@H]1CC[C@H](NC(=O)[C@@H]2CCCN2)CC1. The molecule has 37 heavy (non-hydrogen) atoms. The summed E-state index contributed by atoms with van der Waals surface area (Å²) in [4.78, 5) is 29.5. The number of hydrogen-bond donors (Lipinski definition) is 4. The number of nitrogens with one attached hydrogen (secondary N) is 3. The van der Waals surface area contributed by atoms with Crippen LogP contribution in [-0.2, 0) is 4.79 Å². The van der Waals surface area contributed by atoms with Gasteiger partial charge in [-0.1, -0.05) is 17.7 Å². The topological polar surface area (TPSA) is 103 Å². The maximum atomic E-state index is 14.2. The molecule has 3 aromatic rings. The average molecular weight is 525 g/mol. The standard InChI is InChI=1S/C28H30ClFN4O3/c1-15(35)21-14-32-24-9-4-16(17-12-22(29)27(36)23(30)13-17)11-20(24)26(21)33-18-5-7-19(8-6-18)34-28(37)25-3-2-10-31-25/h4,9,11-14,18-19,25,31,36H,2-3,5-8,10H2,1H3,(H,32,33)(H,34,37)/t18-,19-,25-/m0/s1. The third-order valence-corrected chi connectivity index (χ3v) is 7.68. The molecule has 1 aliphatic heterocycles. The lowest BCUT2D eigenvalue weighted by molar-refractivity contribution is -0.123. The van der Waals surface area contributed by atoms with Crippen molar-refractivity contribution in [1.82, 2.24) is 15.6 Å². The fourth-order valence-corrected chi connectivity index (χ4v) is 5.53. The lowest BCUT2D eigenvalue weighted by atomic mass is 9.90. The molecule has 2 aliphatic rings. The second-order valence-electron chi connectivity index (χ2n) is 9.97. The van der Waals surface area contributed by atoms with Crippen LogP contribution in [0.5, 0.6) is 5.75 Å². The molecule has 9 heteroatoms. The predicted molar refractivity (Wildman–Crippen MR) is 143 cm³/mol. The fourth-order valence-electron chi connectivity index (χ4n) is 5.32. The van der Waals surface area contributed by atoms with Crippen LogP contribution >= 0.6 is 11.6 Å². The van der Waals surface area contributed by atoms with Crippen LogP contribution in [0.15, 0.2) is 36.5 Å². The number of hydrogen-bond acceptors (Lipinski definition) is 6. The summed E-state index contributed by atoms with van der Waals surface area (Å²) in [5.41, 5.74) is 3.08. The Hall–Kier alpha value is -3.23. The summed E-state index contributed by atoms with van der Waals surface area (Å²) >= 11 is 6.01. The van der Waals surface area contributed by atoms with Crippen molar-refractivity contribution in [1.29, 1.82) is 0 Å². The van der Waals surface area contributed by atoms with E-state index in [0.717, 1.165) is 50.5 Å². The van der Waals surface area contributed by atoms with E-state index in [0.29, 0.717) is 27.9 Å². The molecule has 1 saturated heterocycles. The van der Waals surface area contributed by atoms with E-state index in [-0.39, 0.29) is 34.8 Å². The molecule has 7 nitrogen and oxygen atoms in total. The first-order valence-electron chi connectivity index (χ1n) is 12.7. The Bertz CT molecular complexity index is 1330. The molecular weight excluding hydrogens is 495 g/mol. The number of rotatable bonds is 6. The molecule has 0 spiro atoms. The second-order valence-corrected chi connectivity index (χ2v) is 10.4. The highest BCUT2D eigenvalue weighted by atomic mass is 35.5. The first kappa shape index (κ1) is 25.4. The number of amides is 1. The molecule has 2 heterocycles. The highest BCUT2D eigenvalue weighted by molar-refractivity contribution is 6.32. The number of phenolic OH excluding ortho intramolecular Hbond substituents is 1. The summed E-state index contributed by atoms with van der Waals surface area (Å²) in [5.74, 6) is -1.40. The second kappa shape index (κ2) is 10.6. The monoisotopic (exact) mass is 524 g/mol. The molecule has 5 rings (SSSR count). The zero-order chi connectivity index (χ0) is 26.1. The first-order valence-corrected chi connectivity index (χ1v) is 13.1. The molecule has 2 aromatic carbocycles. The summed E-state index contributed by atoms with van der Waals surface area (Å²) in [7, 11) is 0. The van der Waals surface area contributed by atoms with Gasteiger partial charge >= 0.3 is 0 Å². The summed E-state index contributed by atoms with van der Waals surface area (Å²) in [5, 5.41) is 20.4. The molecule has 0 bridgehead atoms. The number of benzene rings is 2. The number of aromatic nitrogens is 1. The van der Waals surface area contributed by atoms with Gasteiger partial charge in [-0.3, -0.25) is 14.6 Å². The fraction of sp³-hybridized carbons (Fsp3) is 0.393. The van der Waals surface area contributed by atoms with Gasteiger partial charge in [-0.15, -0.1) is 0 Å². The molecule has 1 aromatic heterocycles. The van der Waals surface area contributed by atoms with Gasteiger partial charge < -0.3 is 21.1 Å². The molecule has 1 atom stereocenters. The van der Waals surface area contributed by atoms with Crippen LogP contribution in [0, 0.1) is 5.82 Å². The number of carbonyl (C=O) groups excluding carboxylic acids is 2. The van der Waals surface area contributed by atoms with Crippen LogP contribution in [0.3, 0.4) is 0 Å². The van der Waals surface area contributed by atoms with Gasteiger partial charge in [0.15, 0.2) is 17.3 Å². The summed E-state index contributed by atoms with van der Waals surface area (Å²) in [6.07, 6.45) is 6.91. The Morgan fingerprint density at radius 3 is 2.51 bits per heavy atom. The number of halogens is 2. The molecule has 2 fully saturated rings. The van der Waals surface area contributed by atoms with Gasteiger partial charge in [-0.25, -0.2) is 4.39 Å². The van der Waals surface area contributed by atoms with Crippen LogP contribution in [0.4, 0.5) is 10.1 Å². The van der Waals surface area contributed by atoms with Gasteiger partial charge in [0, 0.05) is 23.7 Å². The molecule has 4 N–H and O–H groups in total. The summed E-state index contributed by atoms with van der Waals surface area (Å²) < 4.78 is 14.2. The minimum atomic E-state index is -0.802. The van der Waals surface area contributed by atoms with E-state index in [1.54, 1.807) is 6.20 Å². The van der Waals surface area contributed by atoms with Crippen molar-refractivity contribution in [2.75, 3.05) is 11.9 Å². The molecule has 194 valence electrons. The Labute approximate surface area is 219 Å². The number of ketones is 1. The molecule has 0 unspecified atom stereocenters. The molecule has 0 radical (unpaired) electrons. The Morgan fingerprint density at radius 1 is 1.08 bits per heavy atom. The Kier molecular flexibility index (Phi) is 7.31. The highest BCUT2D eigenvalue weighted by Gasteiger charge is 2.28. The van der Waals surface area contributed by atoms with Gasteiger partial charge in [-0.2, -0.15) is 0 Å². The number of carbonyl (C=O) groups is 2. The van der Waals surface area contributed by atoms with Crippen molar-refractivity contribution in [2.45, 2.75) is 63.6 Å². The third-order valence-electron chi connectivity index (χ3n) is 7.40. The number of phenols is 1. The lowest BCUT2D eigenvalue weighted by Gasteiger charge is -2.31. The van der Waals surface area contributed by atoms with Crippen molar-refractivity contribution >= 4 is 39.9 Å². The normalized spacial score (nSPS) is 21.6. The van der Waals surface area contributed by atoms with E-state index in [9.17, 15) is 19.1 Å². The van der Waals surface area contributed by atoms with E-state index in [2.05, 4.69) is 20.9 Å². The predicted octanol–water partition coefficient (Wildman–Crippen LogP) is 5.19. The number of fused-ring (bicyclic) bond motifs is 1. The number of aromatic hydroxyl groups is 1. The van der Waals surface area contributed by atoms with Crippen molar-refractivity contribution in [3.63, 3.8) is 0 Å². The summed E-state index contributed by atoms with van der Waals surface area (Å²) in [6.45, 7) is 2.40. The van der Waals surface area contributed by atoms with Crippen molar-refractivity contribution in [2.24, 2.45) is 0 Å². The van der Waals surface area contributed by atoms with Crippen molar-refractivity contribution in [3.05, 3.63) is 52.9 Å². The molecule has 1 aliphatic carbocycles.